The quantitative estimate of drug-likeness (QED) is 0.372. The monoisotopic (exact) mass is 428 g/mol. The van der Waals surface area contributed by atoms with E-state index in [1.807, 2.05) is 45.0 Å². The van der Waals surface area contributed by atoms with Gasteiger partial charge in [0.15, 0.2) is 0 Å². The molecular formula is C26H24N2O4. The van der Waals surface area contributed by atoms with Crippen LogP contribution in [0.1, 0.15) is 33.9 Å². The number of rotatable bonds is 4. The number of carbonyl (C=O) groups excluding carboxylic acids is 2. The number of pyridine rings is 1. The first kappa shape index (κ1) is 21.3. The van der Waals surface area contributed by atoms with Crippen molar-refractivity contribution in [2.45, 2.75) is 26.8 Å². The molecule has 2 heterocycles. The molecule has 1 atom stereocenters. The summed E-state index contributed by atoms with van der Waals surface area (Å²) in [6.07, 6.45) is 3.21. The lowest BCUT2D eigenvalue weighted by molar-refractivity contribution is -0.132. The van der Waals surface area contributed by atoms with Gasteiger partial charge in [-0.25, -0.2) is 0 Å². The molecule has 2 aromatic carbocycles. The number of amides is 1. The molecule has 1 aromatic heterocycles. The Morgan fingerprint density at radius 1 is 1.03 bits per heavy atom. The fourth-order valence-corrected chi connectivity index (χ4v) is 4.09. The molecule has 1 fully saturated rings. The first-order chi connectivity index (χ1) is 15.3. The maximum atomic E-state index is 13.3. The third kappa shape index (κ3) is 3.43. The molecule has 162 valence electrons. The molecule has 0 radical (unpaired) electrons. The summed E-state index contributed by atoms with van der Waals surface area (Å²) in [7, 11) is 1.50. The van der Waals surface area contributed by atoms with Crippen molar-refractivity contribution in [3.8, 4) is 5.75 Å². The summed E-state index contributed by atoms with van der Waals surface area (Å²) < 4.78 is 5.42. The van der Waals surface area contributed by atoms with Gasteiger partial charge in [-0.15, -0.1) is 0 Å². The van der Waals surface area contributed by atoms with E-state index in [-0.39, 0.29) is 11.3 Å². The predicted octanol–water partition coefficient (Wildman–Crippen LogP) is 4.64. The number of methoxy groups -OCH3 is 1. The van der Waals surface area contributed by atoms with Gasteiger partial charge in [-0.3, -0.25) is 19.5 Å². The summed E-state index contributed by atoms with van der Waals surface area (Å²) in [6, 6.07) is 13.6. The van der Waals surface area contributed by atoms with Crippen LogP contribution < -0.4 is 9.64 Å². The van der Waals surface area contributed by atoms with Gasteiger partial charge in [0.1, 0.15) is 11.5 Å². The van der Waals surface area contributed by atoms with Crippen LogP contribution in [0.5, 0.6) is 5.75 Å². The molecule has 1 amide bonds. The lowest BCUT2D eigenvalue weighted by atomic mass is 9.94. The minimum Gasteiger partial charge on any atom is -0.507 e. The number of anilines is 1. The van der Waals surface area contributed by atoms with Gasteiger partial charge >= 0.3 is 0 Å². The maximum absolute atomic E-state index is 13.3. The minimum absolute atomic E-state index is 0.0195. The summed E-state index contributed by atoms with van der Waals surface area (Å²) in [5, 5.41) is 11.3. The number of nitrogens with zero attached hydrogens (tertiary/aromatic N) is 2. The van der Waals surface area contributed by atoms with Gasteiger partial charge in [-0.05, 0) is 67.8 Å². The Hall–Kier alpha value is -3.93. The summed E-state index contributed by atoms with van der Waals surface area (Å²) in [4.78, 5) is 32.1. The zero-order valence-corrected chi connectivity index (χ0v) is 18.4. The first-order valence-electron chi connectivity index (χ1n) is 10.3. The van der Waals surface area contributed by atoms with Crippen molar-refractivity contribution in [1.29, 1.82) is 0 Å². The molecular weight excluding hydrogens is 404 g/mol. The van der Waals surface area contributed by atoms with E-state index in [0.29, 0.717) is 22.6 Å². The number of aliphatic hydroxyl groups is 1. The van der Waals surface area contributed by atoms with Crippen LogP contribution in [0, 0.1) is 20.8 Å². The van der Waals surface area contributed by atoms with Gasteiger partial charge in [0.05, 0.1) is 24.3 Å². The molecule has 1 N–H and O–H groups in total. The number of carbonyl (C=O) groups is 2. The van der Waals surface area contributed by atoms with Crippen LogP contribution in [0.2, 0.25) is 0 Å². The highest BCUT2D eigenvalue weighted by molar-refractivity contribution is 6.51. The first-order valence-corrected chi connectivity index (χ1v) is 10.3. The van der Waals surface area contributed by atoms with Gasteiger partial charge in [-0.1, -0.05) is 23.8 Å². The molecule has 1 unspecified atom stereocenters. The molecule has 6 nitrogen and oxygen atoms in total. The lowest BCUT2D eigenvalue weighted by Crippen LogP contribution is -2.30. The smallest absolute Gasteiger partial charge is 0.300 e. The predicted molar refractivity (Wildman–Crippen MR) is 123 cm³/mol. The Morgan fingerprint density at radius 2 is 1.75 bits per heavy atom. The van der Waals surface area contributed by atoms with Gasteiger partial charge < -0.3 is 9.84 Å². The standard InChI is InChI=1S/C26H24N2O4/c1-15-8-9-21(32-4)19(14-15)24(29)22-23(18-10-12-27-13-11-18)28(26(31)25(22)30)20-7-5-6-16(2)17(20)3/h5-14,23,29H,1-4H3/b24-22+. The molecule has 0 saturated carbocycles. The molecule has 1 saturated heterocycles. The Kier molecular flexibility index (Phi) is 5.53. The number of aryl methyl sites for hydroxylation is 2. The topological polar surface area (TPSA) is 79.7 Å². The van der Waals surface area contributed by atoms with Gasteiger partial charge in [0.25, 0.3) is 11.7 Å². The van der Waals surface area contributed by atoms with Crippen molar-refractivity contribution < 1.29 is 19.4 Å². The third-order valence-electron chi connectivity index (χ3n) is 5.91. The lowest BCUT2D eigenvalue weighted by Gasteiger charge is -2.27. The molecule has 0 bridgehead atoms. The summed E-state index contributed by atoms with van der Waals surface area (Å²) >= 11 is 0. The molecule has 4 rings (SSSR count). The van der Waals surface area contributed by atoms with E-state index in [9.17, 15) is 14.7 Å². The van der Waals surface area contributed by atoms with E-state index in [1.54, 1.807) is 36.7 Å². The second-order valence-electron chi connectivity index (χ2n) is 7.87. The van der Waals surface area contributed by atoms with Gasteiger partial charge in [-0.2, -0.15) is 0 Å². The maximum Gasteiger partial charge on any atom is 0.300 e. The average molecular weight is 428 g/mol. The second-order valence-corrected chi connectivity index (χ2v) is 7.87. The Balaban J connectivity index is 2.01. The zero-order chi connectivity index (χ0) is 23.0. The number of ketones is 1. The number of ether oxygens (including phenoxy) is 1. The molecule has 0 spiro atoms. The van der Waals surface area contributed by atoms with E-state index < -0.39 is 17.7 Å². The molecule has 6 heteroatoms. The van der Waals surface area contributed by atoms with E-state index >= 15 is 0 Å². The molecule has 3 aromatic rings. The number of Topliss-reactive ketones (excluding diaryl/α,β-unsaturated/α-hetero) is 1. The highest BCUT2D eigenvalue weighted by atomic mass is 16.5. The van der Waals surface area contributed by atoms with Gasteiger partial charge in [0.2, 0.25) is 0 Å². The molecule has 32 heavy (non-hydrogen) atoms. The third-order valence-corrected chi connectivity index (χ3v) is 5.91. The number of hydrogen-bond acceptors (Lipinski definition) is 5. The SMILES string of the molecule is COc1ccc(C)cc1/C(O)=C1\C(=O)C(=O)N(c2cccc(C)c2C)C1c1ccncc1. The highest BCUT2D eigenvalue weighted by Gasteiger charge is 2.47. The van der Waals surface area contributed by atoms with Crippen molar-refractivity contribution in [3.05, 3.63) is 94.3 Å². The van der Waals surface area contributed by atoms with Crippen molar-refractivity contribution in [3.63, 3.8) is 0 Å². The van der Waals surface area contributed by atoms with Crippen LogP contribution in [0.3, 0.4) is 0 Å². The van der Waals surface area contributed by atoms with Crippen LogP contribution >= 0.6 is 0 Å². The Labute approximate surface area is 186 Å². The van der Waals surface area contributed by atoms with Gasteiger partial charge in [0, 0.05) is 18.1 Å². The normalized spacial score (nSPS) is 17.6. The number of benzene rings is 2. The largest absolute Gasteiger partial charge is 0.507 e. The fraction of sp³-hybridized carbons (Fsp3) is 0.192. The van der Waals surface area contributed by atoms with Crippen molar-refractivity contribution in [2.24, 2.45) is 0 Å². The number of hydrogen-bond donors (Lipinski definition) is 1. The molecule has 1 aliphatic heterocycles. The number of aliphatic hydroxyl groups excluding tert-OH is 1. The van der Waals surface area contributed by atoms with E-state index in [2.05, 4.69) is 4.98 Å². The van der Waals surface area contributed by atoms with E-state index in [1.165, 1.54) is 12.0 Å². The number of aromatic nitrogens is 1. The van der Waals surface area contributed by atoms with Crippen LogP contribution in [-0.2, 0) is 9.59 Å². The average Bonchev–Trinajstić information content (AvgIpc) is 3.06. The van der Waals surface area contributed by atoms with Crippen LogP contribution in [0.4, 0.5) is 5.69 Å². The Bertz CT molecular complexity index is 1250. The minimum atomic E-state index is -0.802. The van der Waals surface area contributed by atoms with Crippen LogP contribution in [0.25, 0.3) is 5.76 Å². The van der Waals surface area contributed by atoms with E-state index in [0.717, 1.165) is 16.7 Å². The summed E-state index contributed by atoms with van der Waals surface area (Å²) in [5.74, 6) is -1.28. The zero-order valence-electron chi connectivity index (χ0n) is 18.4. The van der Waals surface area contributed by atoms with Crippen molar-refractivity contribution in [2.75, 3.05) is 12.0 Å². The van der Waals surface area contributed by atoms with Crippen molar-refractivity contribution in [1.82, 2.24) is 4.98 Å². The van der Waals surface area contributed by atoms with Crippen LogP contribution in [0.15, 0.2) is 66.5 Å². The van der Waals surface area contributed by atoms with Crippen molar-refractivity contribution >= 4 is 23.1 Å². The Morgan fingerprint density at radius 3 is 2.44 bits per heavy atom. The summed E-state index contributed by atoms with van der Waals surface area (Å²) in [5.41, 5.74) is 4.46. The van der Waals surface area contributed by atoms with E-state index in [4.69, 9.17) is 4.74 Å². The summed E-state index contributed by atoms with van der Waals surface area (Å²) in [6.45, 7) is 5.75. The van der Waals surface area contributed by atoms with Crippen LogP contribution in [-0.4, -0.2) is 28.9 Å². The highest BCUT2D eigenvalue weighted by Crippen LogP contribution is 2.44. The fourth-order valence-electron chi connectivity index (χ4n) is 4.09. The second kappa shape index (κ2) is 8.30. The molecule has 1 aliphatic rings. The molecule has 0 aliphatic carbocycles.